The van der Waals surface area contributed by atoms with E-state index in [2.05, 4.69) is 20.3 Å². The summed E-state index contributed by atoms with van der Waals surface area (Å²) in [6, 6.07) is 13.1. The second-order valence-corrected chi connectivity index (χ2v) is 13.6. The normalized spacial score (nSPS) is 13.2. The Hall–Kier alpha value is -5.94. The number of rotatable bonds is 16. The summed E-state index contributed by atoms with van der Waals surface area (Å²) in [5.74, 6) is -1.18. The first-order valence-corrected chi connectivity index (χ1v) is 18.0. The Balaban J connectivity index is 0.993. The zero-order valence-corrected chi connectivity index (χ0v) is 30.8. The minimum absolute atomic E-state index is 0.0912. The van der Waals surface area contributed by atoms with E-state index in [0.717, 1.165) is 21.4 Å². The number of nitrogens with one attached hydrogen (secondary N) is 2. The highest BCUT2D eigenvalue weighted by Crippen LogP contribution is 2.41. The Bertz CT molecular complexity index is 2230. The van der Waals surface area contributed by atoms with Crippen LogP contribution >= 0.6 is 11.3 Å². The Morgan fingerprint density at radius 2 is 1.76 bits per heavy atom. The van der Waals surface area contributed by atoms with Gasteiger partial charge >= 0.3 is 6.18 Å². The summed E-state index contributed by atoms with van der Waals surface area (Å²) in [5, 5.41) is 5.34. The number of alkyl halides is 3. The van der Waals surface area contributed by atoms with Crippen LogP contribution in [0.5, 0.6) is 5.75 Å². The molecule has 1 aliphatic rings. The standard InChI is InChI=1S/C38H36F3N7O6S/c1-4-5-31(34(50)45-21-49)48-36(51)25-9-8-24(17-26(25)37(48)52)54-15-14-53-13-12-42-33-11-6-22(19-44-33)30-18-28(38(39,40)41)27(20-43-30)35-46-29-10-7-23(47(2)3)16-32(29)55-35/h6-11,16-21,31H,4-5,12-15H2,1-3H3,(H,42,44)(H,45,49,50). The number of thiazole rings is 1. The number of fused-ring (bicyclic) bond motifs is 2. The first-order valence-electron chi connectivity index (χ1n) is 17.2. The molecule has 2 N–H and O–H groups in total. The van der Waals surface area contributed by atoms with Crippen molar-refractivity contribution in [3.05, 3.63) is 83.7 Å². The third-order valence-corrected chi connectivity index (χ3v) is 9.75. The first kappa shape index (κ1) is 38.8. The number of nitrogens with zero attached hydrogens (tertiary/aromatic N) is 5. The number of imide groups is 2. The number of amides is 4. The van der Waals surface area contributed by atoms with Gasteiger partial charge in [0.05, 0.1) is 45.8 Å². The molecule has 0 fully saturated rings. The minimum Gasteiger partial charge on any atom is -0.491 e. The molecule has 0 radical (unpaired) electrons. The van der Waals surface area contributed by atoms with Gasteiger partial charge in [0.15, 0.2) is 0 Å². The first-order chi connectivity index (χ1) is 26.4. The molecule has 0 bridgehead atoms. The molecule has 4 heterocycles. The summed E-state index contributed by atoms with van der Waals surface area (Å²) >= 11 is 1.18. The number of hydrogen-bond acceptors (Lipinski definition) is 12. The number of anilines is 2. The van der Waals surface area contributed by atoms with Gasteiger partial charge in [0.1, 0.15) is 29.2 Å². The lowest BCUT2D eigenvalue weighted by atomic mass is 10.1. The van der Waals surface area contributed by atoms with Crippen molar-refractivity contribution < 1.29 is 41.8 Å². The Kier molecular flexibility index (Phi) is 11.7. The van der Waals surface area contributed by atoms with Crippen molar-refractivity contribution in [1.82, 2.24) is 25.2 Å². The molecule has 1 unspecified atom stereocenters. The fourth-order valence-electron chi connectivity index (χ4n) is 5.96. The van der Waals surface area contributed by atoms with E-state index in [1.54, 1.807) is 31.2 Å². The predicted molar refractivity (Wildman–Crippen MR) is 200 cm³/mol. The van der Waals surface area contributed by atoms with E-state index in [0.29, 0.717) is 35.6 Å². The minimum atomic E-state index is -4.64. The average molecular weight is 776 g/mol. The molecular formula is C38H36F3N7O6S. The van der Waals surface area contributed by atoms with Crippen LogP contribution < -0.4 is 20.3 Å². The molecule has 0 saturated carbocycles. The third kappa shape index (κ3) is 8.57. The zero-order chi connectivity index (χ0) is 39.3. The molecule has 286 valence electrons. The van der Waals surface area contributed by atoms with Gasteiger partial charge in [-0.2, -0.15) is 13.2 Å². The van der Waals surface area contributed by atoms with Crippen LogP contribution in [0.25, 0.3) is 32.0 Å². The fourth-order valence-corrected chi connectivity index (χ4v) is 6.99. The number of halogens is 3. The van der Waals surface area contributed by atoms with Gasteiger partial charge in [-0.3, -0.25) is 34.4 Å². The maximum absolute atomic E-state index is 14.3. The van der Waals surface area contributed by atoms with Crippen LogP contribution in [0.3, 0.4) is 0 Å². The summed E-state index contributed by atoms with van der Waals surface area (Å²) in [5.41, 5.74) is 1.37. The van der Waals surface area contributed by atoms with E-state index in [1.807, 2.05) is 36.4 Å². The molecule has 4 amide bonds. The smallest absolute Gasteiger partial charge is 0.417 e. The second-order valence-electron chi connectivity index (χ2n) is 12.6. The Morgan fingerprint density at radius 3 is 2.47 bits per heavy atom. The van der Waals surface area contributed by atoms with Gasteiger partial charge in [0, 0.05) is 49.8 Å². The predicted octanol–water partition coefficient (Wildman–Crippen LogP) is 6.05. The largest absolute Gasteiger partial charge is 0.491 e. The van der Waals surface area contributed by atoms with E-state index in [4.69, 9.17) is 9.47 Å². The van der Waals surface area contributed by atoms with Gasteiger partial charge in [0.25, 0.3) is 11.8 Å². The van der Waals surface area contributed by atoms with Crippen LogP contribution in [0.1, 0.15) is 46.0 Å². The highest BCUT2D eigenvalue weighted by molar-refractivity contribution is 7.21. The van der Waals surface area contributed by atoms with Crippen molar-refractivity contribution >= 4 is 57.2 Å². The van der Waals surface area contributed by atoms with Crippen molar-refractivity contribution in [2.75, 3.05) is 50.7 Å². The molecule has 0 aliphatic carbocycles. The topological polar surface area (TPSA) is 156 Å². The highest BCUT2D eigenvalue weighted by Gasteiger charge is 2.42. The SMILES string of the molecule is CCCC(C(=O)NC=O)N1C(=O)c2ccc(OCCOCCNc3ccc(-c4cc(C(F)(F)F)c(-c5nc6ccc(N(C)C)cc6s5)cn4)cn3)cc2C1=O. The van der Waals surface area contributed by atoms with E-state index < -0.39 is 35.5 Å². The number of benzene rings is 2. The Morgan fingerprint density at radius 1 is 0.964 bits per heavy atom. The number of pyridine rings is 2. The van der Waals surface area contributed by atoms with E-state index >= 15 is 0 Å². The van der Waals surface area contributed by atoms with Gasteiger partial charge < -0.3 is 19.7 Å². The average Bonchev–Trinajstić information content (AvgIpc) is 3.70. The van der Waals surface area contributed by atoms with Gasteiger partial charge in [-0.05, 0) is 61.0 Å². The lowest BCUT2D eigenvalue weighted by Gasteiger charge is -2.23. The number of ether oxygens (including phenoxy) is 2. The summed E-state index contributed by atoms with van der Waals surface area (Å²) in [6.45, 7) is 2.79. The lowest BCUT2D eigenvalue weighted by molar-refractivity contribution is -0.137. The molecule has 2 aromatic carbocycles. The van der Waals surface area contributed by atoms with Gasteiger partial charge in [-0.15, -0.1) is 11.3 Å². The van der Waals surface area contributed by atoms with Crippen LogP contribution in [0.15, 0.2) is 67.0 Å². The number of carbonyl (C=O) groups excluding carboxylic acids is 4. The van der Waals surface area contributed by atoms with Crippen molar-refractivity contribution in [1.29, 1.82) is 0 Å². The van der Waals surface area contributed by atoms with E-state index in [-0.39, 0.29) is 60.0 Å². The molecule has 55 heavy (non-hydrogen) atoms. The Labute approximate surface area is 317 Å². The number of hydrogen-bond donors (Lipinski definition) is 2. The molecule has 3 aromatic heterocycles. The van der Waals surface area contributed by atoms with E-state index in [1.165, 1.54) is 35.9 Å². The van der Waals surface area contributed by atoms with Crippen LogP contribution in [-0.4, -0.2) is 90.5 Å². The summed E-state index contributed by atoms with van der Waals surface area (Å²) in [6.07, 6.45) is -1.07. The summed E-state index contributed by atoms with van der Waals surface area (Å²) in [7, 11) is 3.77. The molecule has 0 saturated heterocycles. The molecular weight excluding hydrogens is 740 g/mol. The zero-order valence-electron chi connectivity index (χ0n) is 30.0. The van der Waals surface area contributed by atoms with Gasteiger partial charge in [0.2, 0.25) is 12.3 Å². The van der Waals surface area contributed by atoms with Crippen LogP contribution in [0.4, 0.5) is 24.7 Å². The maximum atomic E-state index is 14.3. The summed E-state index contributed by atoms with van der Waals surface area (Å²) in [4.78, 5) is 65.1. The van der Waals surface area contributed by atoms with Crippen LogP contribution in [0, 0.1) is 0 Å². The van der Waals surface area contributed by atoms with Crippen molar-refractivity contribution in [3.8, 4) is 27.6 Å². The van der Waals surface area contributed by atoms with Gasteiger partial charge in [-0.25, -0.2) is 9.97 Å². The number of aromatic nitrogens is 3. The maximum Gasteiger partial charge on any atom is 0.417 e. The number of carbonyl (C=O) groups is 4. The highest BCUT2D eigenvalue weighted by atomic mass is 32.1. The van der Waals surface area contributed by atoms with Crippen molar-refractivity contribution in [2.45, 2.75) is 32.0 Å². The molecule has 5 aromatic rings. The van der Waals surface area contributed by atoms with Gasteiger partial charge in [-0.1, -0.05) is 13.3 Å². The molecule has 13 nitrogen and oxygen atoms in total. The molecule has 1 aliphatic heterocycles. The lowest BCUT2D eigenvalue weighted by Crippen LogP contribution is -2.49. The molecule has 17 heteroatoms. The van der Waals surface area contributed by atoms with E-state index in [9.17, 15) is 32.3 Å². The van der Waals surface area contributed by atoms with Crippen molar-refractivity contribution in [3.63, 3.8) is 0 Å². The van der Waals surface area contributed by atoms with Crippen LogP contribution in [-0.2, 0) is 20.5 Å². The van der Waals surface area contributed by atoms with Crippen LogP contribution in [0.2, 0.25) is 0 Å². The fraction of sp³-hybridized carbons (Fsp3) is 0.289. The third-order valence-electron chi connectivity index (χ3n) is 8.70. The quantitative estimate of drug-likeness (QED) is 0.0684. The molecule has 0 spiro atoms. The van der Waals surface area contributed by atoms with Crippen molar-refractivity contribution in [2.24, 2.45) is 0 Å². The molecule has 1 atom stereocenters. The molecule has 6 rings (SSSR count). The summed E-state index contributed by atoms with van der Waals surface area (Å²) < 4.78 is 54.9. The monoisotopic (exact) mass is 775 g/mol. The second kappa shape index (κ2) is 16.6.